The van der Waals surface area contributed by atoms with Gasteiger partial charge in [0.15, 0.2) is 0 Å². The Balaban J connectivity index is 3.42. The molecule has 0 heterocycles. The largest absolute Gasteiger partial charge is 0.466 e. The topological polar surface area (TPSA) is 95.9 Å². The molecule has 0 saturated heterocycles. The van der Waals surface area contributed by atoms with E-state index in [-0.39, 0.29) is 18.5 Å². The Hall–Kier alpha value is -1.66. The summed E-state index contributed by atoms with van der Waals surface area (Å²) in [6.45, 7) is 4.95. The van der Waals surface area contributed by atoms with Crippen molar-refractivity contribution in [2.75, 3.05) is 13.2 Å². The maximum atomic E-state index is 12.5. The monoisotopic (exact) mass is 1140 g/mol. The van der Waals surface area contributed by atoms with Crippen molar-refractivity contribution in [3.63, 3.8) is 0 Å². The summed E-state index contributed by atoms with van der Waals surface area (Å²) in [7, 11) is 0. The molecule has 0 fully saturated rings. The first-order valence-electron chi connectivity index (χ1n) is 37.1. The Kier molecular flexibility index (Phi) is 69.4. The standard InChI is InChI=1S/C75H145NO5/c1-3-5-7-9-11-13-15-17-19-21-23-24-25-28-32-35-39-43-47-51-55-59-63-67-73(78)72(71-77)76-74(79)68-64-60-56-52-48-44-40-36-33-29-26-27-30-34-38-42-46-50-54-58-62-66-70-81-75(80)69-65-61-57-53-49-45-41-37-31-22-20-18-16-14-12-10-8-6-4-2/h29,33,63,67,72-73,77-78H,3-28,30-32,34-62,64-66,68-71H2,1-2H3,(H,76,79)/b33-29-,67-63+. The van der Waals surface area contributed by atoms with Gasteiger partial charge in [0.25, 0.3) is 0 Å². The van der Waals surface area contributed by atoms with Crippen molar-refractivity contribution in [2.24, 2.45) is 0 Å². The van der Waals surface area contributed by atoms with Crippen LogP contribution in [0.25, 0.3) is 0 Å². The highest BCUT2D eigenvalue weighted by molar-refractivity contribution is 5.76. The van der Waals surface area contributed by atoms with Crippen molar-refractivity contribution in [3.05, 3.63) is 24.3 Å². The second-order valence-corrected chi connectivity index (χ2v) is 25.6. The molecule has 0 spiro atoms. The van der Waals surface area contributed by atoms with Gasteiger partial charge >= 0.3 is 5.97 Å². The number of allylic oxidation sites excluding steroid dienone is 3. The minimum absolute atomic E-state index is 0.0153. The van der Waals surface area contributed by atoms with Crippen molar-refractivity contribution in [3.8, 4) is 0 Å². The Labute approximate surface area is 507 Å². The van der Waals surface area contributed by atoms with E-state index in [1.54, 1.807) is 6.08 Å². The molecule has 6 nitrogen and oxygen atoms in total. The van der Waals surface area contributed by atoms with Crippen LogP contribution in [-0.2, 0) is 14.3 Å². The van der Waals surface area contributed by atoms with Crippen LogP contribution in [0.1, 0.15) is 418 Å². The third-order valence-electron chi connectivity index (χ3n) is 17.5. The van der Waals surface area contributed by atoms with Gasteiger partial charge in [-0.25, -0.2) is 0 Å². The Morgan fingerprint density at radius 2 is 0.580 bits per heavy atom. The number of aliphatic hydroxyl groups excluding tert-OH is 2. The molecule has 0 saturated carbocycles. The average Bonchev–Trinajstić information content (AvgIpc) is 3.47. The highest BCUT2D eigenvalue weighted by Crippen LogP contribution is 2.19. The highest BCUT2D eigenvalue weighted by atomic mass is 16.5. The van der Waals surface area contributed by atoms with Crippen molar-refractivity contribution < 1.29 is 24.5 Å². The summed E-state index contributed by atoms with van der Waals surface area (Å²) in [4.78, 5) is 24.7. The first-order valence-corrected chi connectivity index (χ1v) is 37.1. The van der Waals surface area contributed by atoms with E-state index >= 15 is 0 Å². The number of hydrogen-bond donors (Lipinski definition) is 3. The average molecular weight is 1140 g/mol. The van der Waals surface area contributed by atoms with Gasteiger partial charge in [-0.1, -0.05) is 372 Å². The van der Waals surface area contributed by atoms with Crippen LogP contribution in [-0.4, -0.2) is 47.4 Å². The van der Waals surface area contributed by atoms with E-state index in [0.717, 1.165) is 44.9 Å². The maximum absolute atomic E-state index is 12.5. The molecule has 0 aromatic heterocycles. The van der Waals surface area contributed by atoms with Crippen LogP contribution in [0.2, 0.25) is 0 Å². The lowest BCUT2D eigenvalue weighted by Gasteiger charge is -2.20. The zero-order valence-electron chi connectivity index (χ0n) is 55.0. The van der Waals surface area contributed by atoms with Crippen LogP contribution >= 0.6 is 0 Å². The second kappa shape index (κ2) is 70.8. The number of unbranched alkanes of at least 4 members (excludes halogenated alkanes) is 57. The number of rotatable bonds is 70. The first kappa shape index (κ1) is 79.3. The lowest BCUT2D eigenvalue weighted by molar-refractivity contribution is -0.143. The van der Waals surface area contributed by atoms with E-state index in [2.05, 4.69) is 31.3 Å². The molecule has 6 heteroatoms. The number of ether oxygens (including phenoxy) is 1. The predicted octanol–water partition coefficient (Wildman–Crippen LogP) is 24.1. The van der Waals surface area contributed by atoms with Crippen LogP contribution in [0, 0.1) is 0 Å². The molecule has 0 aliphatic heterocycles. The normalized spacial score (nSPS) is 12.6. The van der Waals surface area contributed by atoms with E-state index in [1.807, 2.05) is 6.08 Å². The van der Waals surface area contributed by atoms with Crippen molar-refractivity contribution in [1.82, 2.24) is 5.32 Å². The van der Waals surface area contributed by atoms with E-state index in [4.69, 9.17) is 4.74 Å². The molecule has 0 radical (unpaired) electrons. The number of amides is 1. The molecule has 2 atom stereocenters. The van der Waals surface area contributed by atoms with Gasteiger partial charge in [0.2, 0.25) is 5.91 Å². The summed E-state index contributed by atoms with van der Waals surface area (Å²) in [5.74, 6) is -0.0551. The minimum Gasteiger partial charge on any atom is -0.466 e. The van der Waals surface area contributed by atoms with E-state index in [9.17, 15) is 19.8 Å². The third kappa shape index (κ3) is 67.3. The summed E-state index contributed by atoms with van der Waals surface area (Å²) >= 11 is 0. The fraction of sp³-hybridized carbons (Fsp3) is 0.920. The smallest absolute Gasteiger partial charge is 0.305 e. The van der Waals surface area contributed by atoms with Crippen molar-refractivity contribution in [1.29, 1.82) is 0 Å². The lowest BCUT2D eigenvalue weighted by Crippen LogP contribution is -2.45. The first-order chi connectivity index (χ1) is 40.0. The quantitative estimate of drug-likeness (QED) is 0.0320. The SMILES string of the molecule is CCCCCCCCCCCCCCCCCCCCCCC/C=C/C(O)C(CO)NC(=O)CCCCCCCCC/C=C\CCCCCCCCCCCCCOC(=O)CCCCCCCCCCCCCCCCCCCCC. The lowest BCUT2D eigenvalue weighted by atomic mass is 10.0. The highest BCUT2D eigenvalue weighted by Gasteiger charge is 2.18. The van der Waals surface area contributed by atoms with Gasteiger partial charge in [0, 0.05) is 12.8 Å². The number of nitrogens with one attached hydrogen (secondary N) is 1. The molecule has 0 bridgehead atoms. The fourth-order valence-corrected chi connectivity index (χ4v) is 11.8. The summed E-state index contributed by atoms with van der Waals surface area (Å²) in [5, 5.41) is 23.3. The summed E-state index contributed by atoms with van der Waals surface area (Å²) in [6.07, 6.45) is 89.8. The van der Waals surface area contributed by atoms with Gasteiger partial charge in [-0.2, -0.15) is 0 Å². The second-order valence-electron chi connectivity index (χ2n) is 25.6. The summed E-state index contributed by atoms with van der Waals surface area (Å²) < 4.78 is 5.51. The number of carbonyl (C=O) groups excluding carboxylic acids is 2. The molecule has 81 heavy (non-hydrogen) atoms. The minimum atomic E-state index is -0.850. The summed E-state index contributed by atoms with van der Waals surface area (Å²) in [6, 6.07) is -0.634. The van der Waals surface area contributed by atoms with Crippen LogP contribution in [0.4, 0.5) is 0 Å². The molecule has 0 aromatic rings. The van der Waals surface area contributed by atoms with Crippen LogP contribution in [0.5, 0.6) is 0 Å². The molecule has 0 aliphatic rings. The van der Waals surface area contributed by atoms with Crippen molar-refractivity contribution in [2.45, 2.75) is 431 Å². The van der Waals surface area contributed by atoms with E-state index in [0.29, 0.717) is 19.4 Å². The zero-order chi connectivity index (χ0) is 58.5. The molecule has 480 valence electrons. The molecule has 3 N–H and O–H groups in total. The van der Waals surface area contributed by atoms with Crippen LogP contribution < -0.4 is 5.32 Å². The fourth-order valence-electron chi connectivity index (χ4n) is 11.8. The number of hydrogen-bond acceptors (Lipinski definition) is 5. The molecular formula is C75H145NO5. The van der Waals surface area contributed by atoms with Gasteiger partial charge in [0.05, 0.1) is 25.4 Å². The maximum Gasteiger partial charge on any atom is 0.305 e. The molecule has 2 unspecified atom stereocenters. The van der Waals surface area contributed by atoms with Gasteiger partial charge in [0.1, 0.15) is 0 Å². The van der Waals surface area contributed by atoms with Gasteiger partial charge in [-0.3, -0.25) is 9.59 Å². The molecular weight excluding hydrogens is 995 g/mol. The van der Waals surface area contributed by atoms with Gasteiger partial charge < -0.3 is 20.3 Å². The third-order valence-corrected chi connectivity index (χ3v) is 17.5. The molecule has 0 aromatic carbocycles. The van der Waals surface area contributed by atoms with Crippen molar-refractivity contribution >= 4 is 11.9 Å². The zero-order valence-corrected chi connectivity index (χ0v) is 55.0. The molecule has 0 rings (SSSR count). The molecule has 1 amide bonds. The van der Waals surface area contributed by atoms with E-state index < -0.39 is 12.1 Å². The van der Waals surface area contributed by atoms with E-state index in [1.165, 1.54) is 347 Å². The van der Waals surface area contributed by atoms with Crippen LogP contribution in [0.15, 0.2) is 24.3 Å². The number of aliphatic hydroxyl groups is 2. The Bertz CT molecular complexity index is 1270. The Morgan fingerprint density at radius 1 is 0.333 bits per heavy atom. The Morgan fingerprint density at radius 3 is 0.877 bits per heavy atom. The van der Waals surface area contributed by atoms with Gasteiger partial charge in [-0.05, 0) is 57.8 Å². The number of esters is 1. The predicted molar refractivity (Wildman–Crippen MR) is 356 cm³/mol. The number of carbonyl (C=O) groups is 2. The molecule has 0 aliphatic carbocycles. The summed E-state index contributed by atoms with van der Waals surface area (Å²) in [5.41, 5.74) is 0. The van der Waals surface area contributed by atoms with Crippen LogP contribution in [0.3, 0.4) is 0 Å². The van der Waals surface area contributed by atoms with Gasteiger partial charge in [-0.15, -0.1) is 0 Å².